The second-order valence-corrected chi connectivity index (χ2v) is 9.61. The summed E-state index contributed by atoms with van der Waals surface area (Å²) in [5.74, 6) is 0.912. The van der Waals surface area contributed by atoms with Gasteiger partial charge in [0.1, 0.15) is 0 Å². The maximum absolute atomic E-state index is 9.67. The van der Waals surface area contributed by atoms with Crippen molar-refractivity contribution in [3.63, 3.8) is 0 Å². The fourth-order valence-electron chi connectivity index (χ4n) is 3.01. The number of aliphatic hydroxyl groups excluding tert-OH is 1. The third kappa shape index (κ3) is 19.6. The molecule has 1 heterocycles. The van der Waals surface area contributed by atoms with E-state index in [0.29, 0.717) is 11.1 Å². The highest BCUT2D eigenvalue weighted by molar-refractivity contribution is 6.31. The highest BCUT2D eigenvalue weighted by Crippen LogP contribution is 2.36. The number of hydrogen-bond acceptors (Lipinski definition) is 3. The van der Waals surface area contributed by atoms with Gasteiger partial charge in [-0.25, -0.2) is 0 Å². The lowest BCUT2D eigenvalue weighted by Gasteiger charge is -2.33. The van der Waals surface area contributed by atoms with E-state index >= 15 is 0 Å². The quantitative estimate of drug-likeness (QED) is 0.253. The second-order valence-electron chi connectivity index (χ2n) is 9.18. The minimum absolute atomic E-state index is 0.0444. The van der Waals surface area contributed by atoms with Gasteiger partial charge in [-0.3, -0.25) is 4.99 Å². The predicted octanol–water partition coefficient (Wildman–Crippen LogP) is 10.3. The highest BCUT2D eigenvalue weighted by Gasteiger charge is 2.24. The summed E-state index contributed by atoms with van der Waals surface area (Å²) in [7, 11) is 1.99. The van der Waals surface area contributed by atoms with E-state index in [1.165, 1.54) is 5.56 Å². The summed E-state index contributed by atoms with van der Waals surface area (Å²) in [6.07, 6.45) is 6.46. The lowest BCUT2D eigenvalue weighted by atomic mass is 9.87. The predicted molar refractivity (Wildman–Crippen MR) is 182 cm³/mol. The first-order chi connectivity index (χ1) is 19.7. The van der Waals surface area contributed by atoms with E-state index in [9.17, 15) is 13.2 Å². The van der Waals surface area contributed by atoms with Crippen LogP contribution in [0.15, 0.2) is 48.1 Å². The van der Waals surface area contributed by atoms with Gasteiger partial charge in [-0.1, -0.05) is 113 Å². The minimum Gasteiger partial charge on any atom is -0.402 e. The smallest absolute Gasteiger partial charge is 0.379 e. The highest BCUT2D eigenvalue weighted by atomic mass is 35.5. The van der Waals surface area contributed by atoms with Crippen molar-refractivity contribution >= 4 is 28.9 Å². The van der Waals surface area contributed by atoms with Crippen LogP contribution in [0.2, 0.25) is 5.02 Å². The topological polar surface area (TPSA) is 73.9 Å². The normalized spacial score (nSPS) is 13.6. The number of aliphatic imine (C=N–C) groups is 1. The van der Waals surface area contributed by atoms with E-state index in [-0.39, 0.29) is 12.5 Å². The summed E-state index contributed by atoms with van der Waals surface area (Å²) in [6.45, 7) is 27.7. The molecule has 1 unspecified atom stereocenters. The number of nitrogens with two attached hydrogens (primary N) is 1. The molecule has 0 aliphatic carbocycles. The molecular formula is C33H60ClF3N4O. The van der Waals surface area contributed by atoms with Gasteiger partial charge >= 0.3 is 6.68 Å². The second kappa shape index (κ2) is 27.4. The van der Waals surface area contributed by atoms with E-state index in [0.717, 1.165) is 53.7 Å². The van der Waals surface area contributed by atoms with Gasteiger partial charge in [0.25, 0.3) is 0 Å². The molecule has 5 nitrogen and oxygen atoms in total. The third-order valence-electron chi connectivity index (χ3n) is 6.00. The van der Waals surface area contributed by atoms with Crippen LogP contribution in [-0.2, 0) is 6.42 Å². The van der Waals surface area contributed by atoms with Crippen molar-refractivity contribution < 1.29 is 18.3 Å². The average Bonchev–Trinajstić information content (AvgIpc) is 2.98. The molecule has 0 saturated carbocycles. The summed E-state index contributed by atoms with van der Waals surface area (Å²) in [5.41, 5.74) is 10.8. The SMILES string of the molecule is C=C/C=C(/N)C(C)CO.C=C1c2cc(Cl)cc(CC)c2NC(=NCCC(C)(C)CC)N1C.CC.CC.CC.FC(F)F. The molecule has 0 radical (unpaired) electrons. The number of anilines is 1. The van der Waals surface area contributed by atoms with Crippen molar-refractivity contribution in [1.29, 1.82) is 0 Å². The average molecular weight is 621 g/mol. The first kappa shape index (κ1) is 46.5. The molecule has 4 N–H and O–H groups in total. The number of hydrogen-bond donors (Lipinski definition) is 3. The Kier molecular flexibility index (Phi) is 30.3. The van der Waals surface area contributed by atoms with Gasteiger partial charge < -0.3 is 21.1 Å². The molecular weight excluding hydrogens is 561 g/mol. The molecule has 1 aliphatic rings. The lowest BCUT2D eigenvalue weighted by molar-refractivity contribution is 0.00819. The molecule has 0 fully saturated rings. The van der Waals surface area contributed by atoms with Crippen molar-refractivity contribution in [2.75, 3.05) is 25.5 Å². The van der Waals surface area contributed by atoms with Crippen molar-refractivity contribution in [3.8, 4) is 0 Å². The van der Waals surface area contributed by atoms with Crippen LogP contribution >= 0.6 is 11.6 Å². The molecule has 1 atom stereocenters. The van der Waals surface area contributed by atoms with Crippen LogP contribution in [-0.4, -0.2) is 42.8 Å². The van der Waals surface area contributed by atoms with E-state index in [1.54, 1.807) is 12.2 Å². The van der Waals surface area contributed by atoms with E-state index in [2.05, 4.69) is 46.2 Å². The fourth-order valence-corrected chi connectivity index (χ4v) is 3.25. The molecule has 2 rings (SSSR count). The van der Waals surface area contributed by atoms with Crippen LogP contribution in [0.25, 0.3) is 5.70 Å². The van der Waals surface area contributed by atoms with Crippen LogP contribution in [0.5, 0.6) is 0 Å². The van der Waals surface area contributed by atoms with Crippen LogP contribution in [0.4, 0.5) is 18.9 Å². The number of fused-ring (bicyclic) bond motifs is 1. The fraction of sp³-hybridized carbons (Fsp3) is 0.606. The van der Waals surface area contributed by atoms with Gasteiger partial charge in [-0.15, -0.1) is 0 Å². The molecule has 42 heavy (non-hydrogen) atoms. The standard InChI is InChI=1S/C19H28ClN3.C7H13NO.3C2H6.CHF3/c1-7-14-11-15(20)12-16-13(3)23(6)18(22-17(14)16)21-10-9-19(4,5)8-2;1-3-4-7(8)6(2)5-9;3*1-2;2-1(3)4/h11-12H,3,7-10H2,1-2,4-6H3,(H,21,22);3-4,6,9H,1,5,8H2,2H3;3*1-2H3;1H/b;7-4+;;;;. The molecule has 0 saturated heterocycles. The van der Waals surface area contributed by atoms with Gasteiger partial charge in [0.2, 0.25) is 5.96 Å². The van der Waals surface area contributed by atoms with E-state index < -0.39 is 6.68 Å². The Labute approximate surface area is 260 Å². The molecule has 246 valence electrons. The summed E-state index contributed by atoms with van der Waals surface area (Å²) in [6, 6.07) is 3.99. The Morgan fingerprint density at radius 1 is 1.14 bits per heavy atom. The molecule has 0 aromatic heterocycles. The van der Waals surface area contributed by atoms with Gasteiger partial charge in [0.15, 0.2) is 0 Å². The number of guanidine groups is 1. The molecule has 1 aromatic carbocycles. The van der Waals surface area contributed by atoms with Crippen LogP contribution < -0.4 is 11.1 Å². The van der Waals surface area contributed by atoms with Crippen molar-refractivity contribution in [2.24, 2.45) is 22.1 Å². The molecule has 0 amide bonds. The van der Waals surface area contributed by atoms with Crippen LogP contribution in [0.1, 0.15) is 100 Å². The van der Waals surface area contributed by atoms with E-state index in [1.807, 2.05) is 72.5 Å². The zero-order chi connectivity index (χ0) is 34.1. The van der Waals surface area contributed by atoms with E-state index in [4.69, 9.17) is 27.4 Å². The van der Waals surface area contributed by atoms with Gasteiger partial charge in [0, 0.05) is 41.5 Å². The van der Waals surface area contributed by atoms with Crippen molar-refractivity contribution in [2.45, 2.75) is 102 Å². The molecule has 0 bridgehead atoms. The van der Waals surface area contributed by atoms with Crippen LogP contribution in [0, 0.1) is 11.3 Å². The number of halogens is 4. The summed E-state index contributed by atoms with van der Waals surface area (Å²) in [4.78, 5) is 6.79. The number of rotatable bonds is 8. The number of nitrogens with zero attached hydrogens (tertiary/aromatic N) is 2. The number of aliphatic hydroxyl groups is 1. The van der Waals surface area contributed by atoms with Crippen molar-refractivity contribution in [1.82, 2.24) is 4.90 Å². The maximum Gasteiger partial charge on any atom is 0.379 e. The monoisotopic (exact) mass is 620 g/mol. The Hall–Kier alpha value is -2.45. The Morgan fingerprint density at radius 3 is 2.05 bits per heavy atom. The molecule has 1 aromatic rings. The largest absolute Gasteiger partial charge is 0.402 e. The summed E-state index contributed by atoms with van der Waals surface area (Å²) in [5, 5.41) is 12.8. The molecule has 9 heteroatoms. The third-order valence-corrected chi connectivity index (χ3v) is 6.21. The number of alkyl halides is 3. The van der Waals surface area contributed by atoms with Gasteiger partial charge in [0.05, 0.1) is 12.3 Å². The Morgan fingerprint density at radius 2 is 1.64 bits per heavy atom. The zero-order valence-corrected chi connectivity index (χ0v) is 29.1. The number of allylic oxidation sites excluding steroid dienone is 2. The summed E-state index contributed by atoms with van der Waals surface area (Å²) < 4.78 is 29.0. The minimum atomic E-state index is -3.67. The Balaban J connectivity index is -0.000000315. The number of benzene rings is 1. The first-order valence-electron chi connectivity index (χ1n) is 14.9. The van der Waals surface area contributed by atoms with Crippen molar-refractivity contribution in [3.05, 3.63) is 59.3 Å². The van der Waals surface area contributed by atoms with Crippen LogP contribution in [0.3, 0.4) is 0 Å². The Bertz CT molecular complexity index is 916. The van der Waals surface area contributed by atoms with Gasteiger partial charge in [-0.2, -0.15) is 13.2 Å². The molecule has 1 aliphatic heterocycles. The molecule has 0 spiro atoms. The number of aryl methyl sites for hydroxylation is 1. The summed E-state index contributed by atoms with van der Waals surface area (Å²) >= 11 is 6.24. The first-order valence-corrected chi connectivity index (χ1v) is 15.3. The zero-order valence-electron chi connectivity index (χ0n) is 28.3. The maximum atomic E-state index is 9.67. The van der Waals surface area contributed by atoms with Gasteiger partial charge in [-0.05, 0) is 42.0 Å². The number of nitrogens with one attached hydrogen (secondary N) is 1. The lowest BCUT2D eigenvalue weighted by Crippen LogP contribution is -2.36.